The van der Waals surface area contributed by atoms with Crippen LogP contribution in [0.3, 0.4) is 0 Å². The van der Waals surface area contributed by atoms with Crippen LogP contribution in [-0.4, -0.2) is 39.9 Å². The molecule has 29 heavy (non-hydrogen) atoms. The molecule has 0 saturated heterocycles. The number of benzene rings is 2. The van der Waals surface area contributed by atoms with Gasteiger partial charge >= 0.3 is 0 Å². The van der Waals surface area contributed by atoms with Crippen molar-refractivity contribution >= 4 is 10.1 Å². The van der Waals surface area contributed by atoms with Gasteiger partial charge in [0.2, 0.25) is 0 Å². The van der Waals surface area contributed by atoms with Gasteiger partial charge in [0.15, 0.2) is 0 Å². The number of rotatable bonds is 6. The molecule has 1 aliphatic carbocycles. The molecule has 2 atom stereocenters. The number of nitrogens with one attached hydrogen (secondary N) is 1. The molecule has 5 nitrogen and oxygen atoms in total. The van der Waals surface area contributed by atoms with Gasteiger partial charge in [-0.25, -0.2) is 12.8 Å². The van der Waals surface area contributed by atoms with Crippen molar-refractivity contribution in [2.24, 2.45) is 5.92 Å². The van der Waals surface area contributed by atoms with E-state index >= 15 is 0 Å². The van der Waals surface area contributed by atoms with E-state index in [1.165, 1.54) is 30.0 Å². The van der Waals surface area contributed by atoms with Crippen molar-refractivity contribution in [3.63, 3.8) is 0 Å². The summed E-state index contributed by atoms with van der Waals surface area (Å²) in [6.07, 6.45) is 4.94. The summed E-state index contributed by atoms with van der Waals surface area (Å²) >= 11 is 0. The number of fused-ring (bicyclic) bond motifs is 1. The van der Waals surface area contributed by atoms with Crippen LogP contribution in [0.15, 0.2) is 42.5 Å². The average molecular weight is 423 g/mol. The first-order valence-electron chi connectivity index (χ1n) is 9.68. The highest BCUT2D eigenvalue weighted by Crippen LogP contribution is 2.41. The van der Waals surface area contributed by atoms with Crippen LogP contribution < -0.4 is 10.1 Å². The minimum atomic E-state index is -3.92. The lowest BCUT2D eigenvalue weighted by molar-refractivity contribution is 0.355. The fourth-order valence-corrected chi connectivity index (χ4v) is 4.12. The highest BCUT2D eigenvalue weighted by molar-refractivity contribution is 7.84. The van der Waals surface area contributed by atoms with Crippen molar-refractivity contribution in [3.8, 4) is 5.75 Å². The lowest BCUT2D eigenvalue weighted by Crippen LogP contribution is -2.29. The van der Waals surface area contributed by atoms with Gasteiger partial charge in [0.05, 0.1) is 17.2 Å². The second kappa shape index (κ2) is 10.7. The average Bonchev–Trinajstić information content (AvgIpc) is 2.65. The zero-order valence-corrected chi connectivity index (χ0v) is 18.0. The molecular formula is C22H29FNO4S-. The lowest BCUT2D eigenvalue weighted by atomic mass is 9.73. The smallest absolute Gasteiger partial charge is 0.123 e. The van der Waals surface area contributed by atoms with Crippen LogP contribution in [0.2, 0.25) is 0 Å². The summed E-state index contributed by atoms with van der Waals surface area (Å²) < 4.78 is 46.3. The summed E-state index contributed by atoms with van der Waals surface area (Å²) in [5.41, 5.74) is 3.85. The van der Waals surface area contributed by atoms with E-state index in [-0.39, 0.29) is 5.82 Å². The second-order valence-corrected chi connectivity index (χ2v) is 8.79. The molecule has 0 fully saturated rings. The van der Waals surface area contributed by atoms with Crippen LogP contribution in [0.1, 0.15) is 35.4 Å². The number of hydrogen-bond donors (Lipinski definition) is 1. The predicted molar refractivity (Wildman–Crippen MR) is 112 cm³/mol. The van der Waals surface area contributed by atoms with Gasteiger partial charge in [0.25, 0.3) is 0 Å². The van der Waals surface area contributed by atoms with E-state index in [0.717, 1.165) is 30.7 Å². The van der Waals surface area contributed by atoms with Gasteiger partial charge in [-0.05, 0) is 86.0 Å². The number of methoxy groups -OCH3 is 1. The van der Waals surface area contributed by atoms with Gasteiger partial charge in [0.1, 0.15) is 11.6 Å². The molecule has 0 heterocycles. The maximum absolute atomic E-state index is 13.6. The Morgan fingerprint density at radius 1 is 1.28 bits per heavy atom. The molecule has 0 aliphatic heterocycles. The fraction of sp³-hybridized carbons (Fsp3) is 0.455. The highest BCUT2D eigenvalue weighted by atomic mass is 32.2. The van der Waals surface area contributed by atoms with Crippen LogP contribution in [0.4, 0.5) is 4.39 Å². The van der Waals surface area contributed by atoms with E-state index < -0.39 is 10.1 Å². The number of halogens is 1. The van der Waals surface area contributed by atoms with Crippen LogP contribution in [-0.2, 0) is 23.0 Å². The standard InChI is InChI=1S/C21H26FNO.CH4O3S/c1-23-14-16(12-15-6-3-7-17(22)13-15)18-8-4-10-20-19(18)9-5-11-21(20)24-2;1-5(2,3)4/h3,5-7,9,11,13,16,18,23H,4,8,10,12,14H2,1-2H3;1H3,(H,2,3,4)/p-1. The van der Waals surface area contributed by atoms with Gasteiger partial charge in [0, 0.05) is 6.26 Å². The Morgan fingerprint density at radius 3 is 2.59 bits per heavy atom. The largest absolute Gasteiger partial charge is 0.748 e. The maximum atomic E-state index is 13.6. The van der Waals surface area contributed by atoms with Crippen molar-refractivity contribution < 1.29 is 22.1 Å². The van der Waals surface area contributed by atoms with Gasteiger partial charge in [-0.3, -0.25) is 0 Å². The molecular weight excluding hydrogens is 393 g/mol. The Morgan fingerprint density at radius 2 is 1.97 bits per heavy atom. The Bertz CT molecular complexity index is 893. The van der Waals surface area contributed by atoms with E-state index in [4.69, 9.17) is 17.7 Å². The van der Waals surface area contributed by atoms with Crippen LogP contribution in [0.5, 0.6) is 5.75 Å². The molecule has 0 bridgehead atoms. The second-order valence-electron chi connectivity index (χ2n) is 7.38. The first-order chi connectivity index (χ1) is 13.7. The summed E-state index contributed by atoms with van der Waals surface area (Å²) in [6.45, 7) is 0.928. The third-order valence-corrected chi connectivity index (χ3v) is 5.15. The summed E-state index contributed by atoms with van der Waals surface area (Å²) in [5, 5.41) is 3.33. The molecule has 0 spiro atoms. The first-order valence-corrected chi connectivity index (χ1v) is 11.5. The van der Waals surface area contributed by atoms with E-state index in [2.05, 4.69) is 23.5 Å². The molecule has 2 unspecified atom stereocenters. The summed E-state index contributed by atoms with van der Waals surface area (Å²) in [4.78, 5) is 0. The molecule has 160 valence electrons. The van der Waals surface area contributed by atoms with Crippen molar-refractivity contribution in [2.75, 3.05) is 27.0 Å². The molecule has 0 saturated carbocycles. The van der Waals surface area contributed by atoms with Gasteiger partial charge in [-0.1, -0.05) is 24.3 Å². The Labute approximate surface area is 173 Å². The van der Waals surface area contributed by atoms with Crippen LogP contribution in [0.25, 0.3) is 0 Å². The third kappa shape index (κ3) is 7.42. The summed E-state index contributed by atoms with van der Waals surface area (Å²) in [5.74, 6) is 1.79. The quantitative estimate of drug-likeness (QED) is 0.721. The Hall–Kier alpha value is -1.96. The molecule has 2 aromatic rings. The first kappa shape index (κ1) is 23.3. The molecule has 0 radical (unpaired) electrons. The molecule has 2 aromatic carbocycles. The molecule has 1 N–H and O–H groups in total. The van der Waals surface area contributed by atoms with E-state index in [1.807, 2.05) is 13.1 Å². The van der Waals surface area contributed by atoms with Gasteiger partial charge < -0.3 is 14.6 Å². The molecule has 0 aromatic heterocycles. The minimum Gasteiger partial charge on any atom is -0.748 e. The zero-order chi connectivity index (χ0) is 21.4. The molecule has 3 rings (SSSR count). The van der Waals surface area contributed by atoms with Crippen molar-refractivity contribution in [1.29, 1.82) is 0 Å². The molecule has 7 heteroatoms. The topological polar surface area (TPSA) is 78.5 Å². The van der Waals surface area contributed by atoms with Crippen LogP contribution in [0, 0.1) is 11.7 Å². The summed E-state index contributed by atoms with van der Waals surface area (Å²) in [7, 11) is -0.176. The highest BCUT2D eigenvalue weighted by Gasteiger charge is 2.29. The monoisotopic (exact) mass is 422 g/mol. The minimum absolute atomic E-state index is 0.151. The van der Waals surface area contributed by atoms with Crippen molar-refractivity contribution in [2.45, 2.75) is 31.6 Å². The lowest BCUT2D eigenvalue weighted by Gasteiger charge is -2.33. The van der Waals surface area contributed by atoms with Gasteiger partial charge in [-0.15, -0.1) is 0 Å². The molecule has 1 aliphatic rings. The van der Waals surface area contributed by atoms with Gasteiger partial charge in [-0.2, -0.15) is 0 Å². The van der Waals surface area contributed by atoms with E-state index in [0.29, 0.717) is 18.1 Å². The zero-order valence-electron chi connectivity index (χ0n) is 17.2. The molecule has 0 amide bonds. The Balaban J connectivity index is 0.000000537. The SMILES string of the molecule is CNCC(Cc1cccc(F)c1)C1CCCc2c(OC)cccc21.CS(=O)(=O)[O-]. The van der Waals surface area contributed by atoms with E-state index in [1.54, 1.807) is 19.2 Å². The third-order valence-electron chi connectivity index (χ3n) is 5.15. The van der Waals surface area contributed by atoms with Crippen LogP contribution >= 0.6 is 0 Å². The van der Waals surface area contributed by atoms with Crippen molar-refractivity contribution in [3.05, 3.63) is 65.0 Å². The number of ether oxygens (including phenoxy) is 1. The number of hydrogen-bond acceptors (Lipinski definition) is 5. The normalized spacial score (nSPS) is 16.9. The van der Waals surface area contributed by atoms with Crippen molar-refractivity contribution in [1.82, 2.24) is 5.32 Å². The fourth-order valence-electron chi connectivity index (χ4n) is 4.12. The van der Waals surface area contributed by atoms with E-state index in [9.17, 15) is 4.39 Å². The maximum Gasteiger partial charge on any atom is 0.123 e. The summed E-state index contributed by atoms with van der Waals surface area (Å²) in [6, 6.07) is 13.4. The predicted octanol–water partition coefficient (Wildman–Crippen LogP) is 3.49. The Kier molecular flexibility index (Phi) is 8.61.